The van der Waals surface area contributed by atoms with Gasteiger partial charge in [0.2, 0.25) is 0 Å². The van der Waals surface area contributed by atoms with Crippen molar-refractivity contribution in [3.8, 4) is 11.3 Å². The third kappa shape index (κ3) is 3.70. The minimum atomic E-state index is -0.265. The average Bonchev–Trinajstić information content (AvgIpc) is 3.31. The second-order valence-electron chi connectivity index (χ2n) is 7.24. The monoisotopic (exact) mass is 396 g/mol. The van der Waals surface area contributed by atoms with E-state index in [-0.39, 0.29) is 5.91 Å². The molecule has 1 saturated heterocycles. The highest BCUT2D eigenvalue weighted by Gasteiger charge is 2.23. The molecule has 1 amide bonds. The van der Waals surface area contributed by atoms with Gasteiger partial charge in [0.1, 0.15) is 0 Å². The number of benzene rings is 1. The van der Waals surface area contributed by atoms with Gasteiger partial charge in [-0.1, -0.05) is 17.3 Å². The topological polar surface area (TPSA) is 84.7 Å². The largest absolute Gasteiger partial charge is 0.317 e. The van der Waals surface area contributed by atoms with Gasteiger partial charge in [-0.25, -0.2) is 9.67 Å². The molecule has 0 aliphatic carbocycles. The number of carbonyl (C=O) groups excluding carboxylic acids is 1. The van der Waals surface area contributed by atoms with Gasteiger partial charge in [0.15, 0.2) is 10.8 Å². The highest BCUT2D eigenvalue weighted by molar-refractivity contribution is 7.14. The summed E-state index contributed by atoms with van der Waals surface area (Å²) in [5.41, 5.74) is 5.55. The van der Waals surface area contributed by atoms with Crippen molar-refractivity contribution in [3.05, 3.63) is 46.1 Å². The van der Waals surface area contributed by atoms with Gasteiger partial charge in [0.25, 0.3) is 5.91 Å². The second kappa shape index (κ2) is 7.81. The molecule has 0 atom stereocenters. The summed E-state index contributed by atoms with van der Waals surface area (Å²) in [6.07, 6.45) is 1.99. The number of hydrogen-bond acceptors (Lipinski definition) is 6. The van der Waals surface area contributed by atoms with E-state index in [2.05, 4.69) is 58.0 Å². The molecule has 2 aromatic heterocycles. The third-order valence-electron chi connectivity index (χ3n) is 5.32. The minimum Gasteiger partial charge on any atom is -0.317 e. The maximum absolute atomic E-state index is 12.7. The second-order valence-corrected chi connectivity index (χ2v) is 8.10. The summed E-state index contributed by atoms with van der Waals surface area (Å²) in [5.74, 6) is -0.265. The molecule has 1 aliphatic rings. The molecule has 3 heterocycles. The van der Waals surface area contributed by atoms with Crippen molar-refractivity contribution in [1.82, 2.24) is 25.3 Å². The van der Waals surface area contributed by atoms with E-state index in [0.29, 0.717) is 16.9 Å². The Hall–Kier alpha value is -2.58. The Morgan fingerprint density at radius 3 is 2.75 bits per heavy atom. The number of anilines is 1. The number of aromatic nitrogens is 4. The highest BCUT2D eigenvalue weighted by Crippen LogP contribution is 2.27. The summed E-state index contributed by atoms with van der Waals surface area (Å²) >= 11 is 1.41. The summed E-state index contributed by atoms with van der Waals surface area (Å²) in [5, 5.41) is 17.1. The van der Waals surface area contributed by atoms with Gasteiger partial charge in [-0.05, 0) is 63.9 Å². The van der Waals surface area contributed by atoms with Crippen LogP contribution in [0.2, 0.25) is 0 Å². The molecule has 0 radical (unpaired) electrons. The van der Waals surface area contributed by atoms with E-state index in [9.17, 15) is 4.79 Å². The molecular weight excluding hydrogens is 372 g/mol. The van der Waals surface area contributed by atoms with Crippen LogP contribution in [0.4, 0.5) is 5.13 Å². The van der Waals surface area contributed by atoms with Gasteiger partial charge in [-0.2, -0.15) is 0 Å². The van der Waals surface area contributed by atoms with E-state index < -0.39 is 0 Å². The summed E-state index contributed by atoms with van der Waals surface area (Å²) in [7, 11) is 0. The van der Waals surface area contributed by atoms with Crippen molar-refractivity contribution in [1.29, 1.82) is 0 Å². The maximum Gasteiger partial charge on any atom is 0.279 e. The van der Waals surface area contributed by atoms with Crippen LogP contribution in [0.1, 0.15) is 46.2 Å². The number of rotatable bonds is 4. The van der Waals surface area contributed by atoms with Crippen molar-refractivity contribution in [3.63, 3.8) is 0 Å². The lowest BCUT2D eigenvalue weighted by Gasteiger charge is -2.23. The number of thiazole rings is 1. The van der Waals surface area contributed by atoms with Crippen LogP contribution in [0, 0.1) is 20.8 Å². The number of hydrogen-bond donors (Lipinski definition) is 2. The summed E-state index contributed by atoms with van der Waals surface area (Å²) in [4.78, 5) is 17.3. The van der Waals surface area contributed by atoms with Gasteiger partial charge in [0, 0.05) is 10.9 Å². The molecule has 2 N–H and O–H groups in total. The van der Waals surface area contributed by atoms with Crippen LogP contribution in [0.15, 0.2) is 23.6 Å². The third-order valence-corrected chi connectivity index (χ3v) is 6.08. The smallest absolute Gasteiger partial charge is 0.279 e. The van der Waals surface area contributed by atoms with Crippen molar-refractivity contribution in [2.75, 3.05) is 18.4 Å². The first-order chi connectivity index (χ1) is 13.5. The summed E-state index contributed by atoms with van der Waals surface area (Å²) < 4.78 is 1.89. The molecule has 3 aromatic rings. The first-order valence-corrected chi connectivity index (χ1v) is 10.4. The van der Waals surface area contributed by atoms with Gasteiger partial charge >= 0.3 is 0 Å². The number of nitrogens with zero attached hydrogens (tertiary/aromatic N) is 4. The van der Waals surface area contributed by atoms with Crippen LogP contribution in [0.5, 0.6) is 0 Å². The molecule has 28 heavy (non-hydrogen) atoms. The van der Waals surface area contributed by atoms with Crippen LogP contribution in [0.3, 0.4) is 0 Å². The zero-order chi connectivity index (χ0) is 19.7. The molecule has 146 valence electrons. The van der Waals surface area contributed by atoms with Gasteiger partial charge < -0.3 is 5.32 Å². The molecule has 0 unspecified atom stereocenters. The number of piperidine rings is 1. The van der Waals surface area contributed by atoms with E-state index in [1.54, 1.807) is 0 Å². The first kappa shape index (κ1) is 18.8. The number of nitrogens with one attached hydrogen (secondary N) is 2. The molecule has 1 fully saturated rings. The van der Waals surface area contributed by atoms with E-state index >= 15 is 0 Å². The number of aryl methyl sites for hydroxylation is 2. The van der Waals surface area contributed by atoms with Crippen molar-refractivity contribution in [2.45, 2.75) is 39.7 Å². The van der Waals surface area contributed by atoms with E-state index in [0.717, 1.165) is 42.9 Å². The predicted octanol–water partition coefficient (Wildman–Crippen LogP) is 3.50. The molecule has 4 rings (SSSR count). The average molecular weight is 397 g/mol. The molecule has 1 aromatic carbocycles. The van der Waals surface area contributed by atoms with E-state index in [1.807, 2.05) is 17.0 Å². The Morgan fingerprint density at radius 1 is 1.21 bits per heavy atom. The Kier molecular flexibility index (Phi) is 5.23. The number of carbonyl (C=O) groups is 1. The molecule has 1 aliphatic heterocycles. The Labute approximate surface area is 168 Å². The van der Waals surface area contributed by atoms with Crippen LogP contribution in [0.25, 0.3) is 11.3 Å². The molecule has 8 heteroatoms. The summed E-state index contributed by atoms with van der Waals surface area (Å²) in [6.45, 7) is 8.00. The van der Waals surface area contributed by atoms with Gasteiger partial charge in [-0.15, -0.1) is 16.4 Å². The highest BCUT2D eigenvalue weighted by atomic mass is 32.1. The fraction of sp³-hybridized carbons (Fsp3) is 0.400. The normalized spacial score (nSPS) is 15.0. The molecule has 0 spiro atoms. The molecular formula is C20H24N6OS. The van der Waals surface area contributed by atoms with Crippen molar-refractivity contribution < 1.29 is 4.79 Å². The fourth-order valence-corrected chi connectivity index (χ4v) is 4.18. The lowest BCUT2D eigenvalue weighted by atomic mass is 10.1. The van der Waals surface area contributed by atoms with Crippen LogP contribution in [-0.2, 0) is 0 Å². The van der Waals surface area contributed by atoms with Crippen LogP contribution >= 0.6 is 11.3 Å². The lowest BCUT2D eigenvalue weighted by Crippen LogP contribution is -2.30. The molecule has 7 nitrogen and oxygen atoms in total. The molecule has 0 bridgehead atoms. The van der Waals surface area contributed by atoms with Crippen LogP contribution < -0.4 is 10.6 Å². The zero-order valence-electron chi connectivity index (χ0n) is 16.3. The number of amides is 1. The Bertz CT molecular complexity index is 1000. The van der Waals surface area contributed by atoms with E-state index in [1.165, 1.54) is 22.5 Å². The minimum absolute atomic E-state index is 0.265. The maximum atomic E-state index is 12.7. The lowest BCUT2D eigenvalue weighted by molar-refractivity contribution is 0.102. The van der Waals surface area contributed by atoms with Crippen LogP contribution in [-0.4, -0.2) is 39.0 Å². The quantitative estimate of drug-likeness (QED) is 0.705. The van der Waals surface area contributed by atoms with Crippen molar-refractivity contribution >= 4 is 22.4 Å². The first-order valence-electron chi connectivity index (χ1n) is 9.50. The Balaban J connectivity index is 1.49. The summed E-state index contributed by atoms with van der Waals surface area (Å²) in [6, 6.07) is 6.55. The van der Waals surface area contributed by atoms with Gasteiger partial charge in [0.05, 0.1) is 17.4 Å². The SMILES string of the molecule is Cc1ccc(-c2csc(NC(=O)c3nnn(C4CCNCC4)c3C)n2)cc1C. The van der Waals surface area contributed by atoms with E-state index in [4.69, 9.17) is 0 Å². The zero-order valence-corrected chi connectivity index (χ0v) is 17.1. The van der Waals surface area contributed by atoms with Gasteiger partial charge in [-0.3, -0.25) is 10.1 Å². The van der Waals surface area contributed by atoms with Crippen molar-refractivity contribution in [2.24, 2.45) is 0 Å². The molecule has 0 saturated carbocycles. The standard InChI is InChI=1S/C20H24N6OS/c1-12-4-5-15(10-13(12)2)17-11-28-20(22-17)23-19(27)18-14(3)26(25-24-18)16-6-8-21-9-7-16/h4-5,10-11,16,21H,6-9H2,1-3H3,(H,22,23,27). The Morgan fingerprint density at radius 2 is 2.00 bits per heavy atom. The fourth-order valence-electron chi connectivity index (χ4n) is 3.47. The predicted molar refractivity (Wildman–Crippen MR) is 111 cm³/mol.